The van der Waals surface area contributed by atoms with Gasteiger partial charge in [-0.05, 0) is 37.6 Å². The van der Waals surface area contributed by atoms with Gasteiger partial charge in [-0.3, -0.25) is 4.79 Å². The van der Waals surface area contributed by atoms with Crippen LogP contribution in [0.5, 0.6) is 0 Å². The Hall–Kier alpha value is -1.95. The zero-order chi connectivity index (χ0) is 14.8. The van der Waals surface area contributed by atoms with Gasteiger partial charge in [0.05, 0.1) is 10.4 Å². The van der Waals surface area contributed by atoms with Crippen LogP contribution in [0.3, 0.4) is 0 Å². The van der Waals surface area contributed by atoms with Crippen LogP contribution in [0, 0.1) is 6.92 Å². The number of H-pyrrole nitrogens is 1. The third-order valence-corrected chi connectivity index (χ3v) is 4.61. The van der Waals surface area contributed by atoms with Gasteiger partial charge in [0, 0.05) is 18.8 Å². The summed E-state index contributed by atoms with van der Waals surface area (Å²) in [5.41, 5.74) is 1.21. The van der Waals surface area contributed by atoms with Crippen molar-refractivity contribution in [3.8, 4) is 10.6 Å². The summed E-state index contributed by atoms with van der Waals surface area (Å²) in [6.07, 6.45) is 3.25. The molecule has 1 N–H and O–H groups in total. The minimum Gasteiger partial charge on any atom is -0.339 e. The SMILES string of the molecule is Cc1[nH]c(=O)nc(-c2cccs2)c1C(=O)N1CCCCC1. The highest BCUT2D eigenvalue weighted by molar-refractivity contribution is 7.13. The van der Waals surface area contributed by atoms with Crippen molar-refractivity contribution in [1.82, 2.24) is 14.9 Å². The molecule has 0 bridgehead atoms. The van der Waals surface area contributed by atoms with Crippen LogP contribution in [-0.2, 0) is 0 Å². The maximum Gasteiger partial charge on any atom is 0.345 e. The molecule has 3 rings (SSSR count). The van der Waals surface area contributed by atoms with Gasteiger partial charge in [-0.2, -0.15) is 4.98 Å². The summed E-state index contributed by atoms with van der Waals surface area (Å²) < 4.78 is 0. The summed E-state index contributed by atoms with van der Waals surface area (Å²) in [4.78, 5) is 33.9. The average molecular weight is 303 g/mol. The van der Waals surface area contributed by atoms with Gasteiger partial charge >= 0.3 is 5.69 Å². The van der Waals surface area contributed by atoms with Crippen molar-refractivity contribution in [3.63, 3.8) is 0 Å². The number of amides is 1. The molecule has 0 aliphatic carbocycles. The molecule has 0 saturated carbocycles. The Morgan fingerprint density at radius 1 is 1.33 bits per heavy atom. The molecule has 0 unspecified atom stereocenters. The van der Waals surface area contributed by atoms with E-state index in [1.54, 1.807) is 6.92 Å². The molecule has 6 heteroatoms. The topological polar surface area (TPSA) is 66.1 Å². The molecule has 1 fully saturated rings. The highest BCUT2D eigenvalue weighted by Gasteiger charge is 2.25. The second-order valence-corrected chi connectivity index (χ2v) is 6.17. The zero-order valence-electron chi connectivity index (χ0n) is 11.9. The maximum absolute atomic E-state index is 12.8. The van der Waals surface area contributed by atoms with Crippen molar-refractivity contribution >= 4 is 17.2 Å². The lowest BCUT2D eigenvalue weighted by molar-refractivity contribution is 0.0723. The Labute approximate surface area is 126 Å². The highest BCUT2D eigenvalue weighted by Crippen LogP contribution is 2.28. The Kier molecular flexibility index (Phi) is 3.88. The number of nitrogens with one attached hydrogen (secondary N) is 1. The molecule has 1 aliphatic heterocycles. The van der Waals surface area contributed by atoms with Crippen LogP contribution in [0.2, 0.25) is 0 Å². The third-order valence-electron chi connectivity index (χ3n) is 3.73. The van der Waals surface area contributed by atoms with E-state index in [9.17, 15) is 9.59 Å². The fourth-order valence-electron chi connectivity index (χ4n) is 2.69. The Balaban J connectivity index is 2.08. The van der Waals surface area contributed by atoms with Gasteiger partial charge in [-0.25, -0.2) is 4.79 Å². The lowest BCUT2D eigenvalue weighted by atomic mass is 10.1. The Bertz CT molecular complexity index is 700. The number of thiophene rings is 1. The van der Waals surface area contributed by atoms with Crippen molar-refractivity contribution in [3.05, 3.63) is 39.3 Å². The molecule has 2 aromatic rings. The zero-order valence-corrected chi connectivity index (χ0v) is 12.7. The van der Waals surface area contributed by atoms with Gasteiger partial charge in [0.15, 0.2) is 0 Å². The van der Waals surface area contributed by atoms with E-state index in [1.165, 1.54) is 17.8 Å². The monoisotopic (exact) mass is 303 g/mol. The van der Waals surface area contributed by atoms with Crippen LogP contribution in [0.1, 0.15) is 35.3 Å². The lowest BCUT2D eigenvalue weighted by Gasteiger charge is -2.27. The predicted molar refractivity (Wildman–Crippen MR) is 82.7 cm³/mol. The maximum atomic E-state index is 12.8. The van der Waals surface area contributed by atoms with Crippen molar-refractivity contribution in [2.75, 3.05) is 13.1 Å². The van der Waals surface area contributed by atoms with E-state index in [4.69, 9.17) is 0 Å². The van der Waals surface area contributed by atoms with E-state index in [0.29, 0.717) is 17.0 Å². The number of aryl methyl sites for hydroxylation is 1. The molecule has 1 amide bonds. The highest BCUT2D eigenvalue weighted by atomic mass is 32.1. The van der Waals surface area contributed by atoms with E-state index in [2.05, 4.69) is 9.97 Å². The fourth-order valence-corrected chi connectivity index (χ4v) is 3.41. The Morgan fingerprint density at radius 3 is 2.76 bits per heavy atom. The first kappa shape index (κ1) is 14.0. The summed E-state index contributed by atoms with van der Waals surface area (Å²) in [6.45, 7) is 3.32. The lowest BCUT2D eigenvalue weighted by Crippen LogP contribution is -2.37. The normalized spacial score (nSPS) is 15.2. The van der Waals surface area contributed by atoms with Gasteiger partial charge in [0.25, 0.3) is 5.91 Å². The molecule has 5 nitrogen and oxygen atoms in total. The van der Waals surface area contributed by atoms with Crippen molar-refractivity contribution in [2.45, 2.75) is 26.2 Å². The van der Waals surface area contributed by atoms with Crippen LogP contribution in [0.15, 0.2) is 22.3 Å². The van der Waals surface area contributed by atoms with Crippen molar-refractivity contribution < 1.29 is 4.79 Å². The van der Waals surface area contributed by atoms with Crippen molar-refractivity contribution in [2.24, 2.45) is 0 Å². The molecule has 1 saturated heterocycles. The molecule has 0 atom stereocenters. The summed E-state index contributed by atoms with van der Waals surface area (Å²) in [5, 5.41) is 1.92. The second-order valence-electron chi connectivity index (χ2n) is 5.22. The molecular weight excluding hydrogens is 286 g/mol. The summed E-state index contributed by atoms with van der Waals surface area (Å²) in [7, 11) is 0. The van der Waals surface area contributed by atoms with Crippen LogP contribution in [0.4, 0.5) is 0 Å². The molecule has 0 spiro atoms. The van der Waals surface area contributed by atoms with Gasteiger partial charge in [-0.15, -0.1) is 11.3 Å². The molecule has 0 radical (unpaired) electrons. The Morgan fingerprint density at radius 2 is 2.10 bits per heavy atom. The van der Waals surface area contributed by atoms with E-state index < -0.39 is 5.69 Å². The second kappa shape index (κ2) is 5.81. The molecule has 0 aromatic carbocycles. The average Bonchev–Trinajstić information content (AvgIpc) is 3.01. The van der Waals surface area contributed by atoms with Gasteiger partial charge in [0.1, 0.15) is 5.69 Å². The first-order valence-electron chi connectivity index (χ1n) is 7.11. The van der Waals surface area contributed by atoms with Gasteiger partial charge in [0.2, 0.25) is 0 Å². The number of carbonyl (C=O) groups excluding carboxylic acids is 1. The fraction of sp³-hybridized carbons (Fsp3) is 0.400. The van der Waals surface area contributed by atoms with E-state index >= 15 is 0 Å². The number of piperidine rings is 1. The van der Waals surface area contributed by atoms with E-state index in [1.807, 2.05) is 22.4 Å². The summed E-state index contributed by atoms with van der Waals surface area (Å²) in [5.74, 6) is -0.0284. The number of rotatable bonds is 2. The molecule has 21 heavy (non-hydrogen) atoms. The number of nitrogens with zero attached hydrogens (tertiary/aromatic N) is 2. The number of hydrogen-bond acceptors (Lipinski definition) is 4. The van der Waals surface area contributed by atoms with Crippen molar-refractivity contribution in [1.29, 1.82) is 0 Å². The minimum absolute atomic E-state index is 0.0284. The molecule has 3 heterocycles. The predicted octanol–water partition coefficient (Wildman–Crippen LogP) is 2.43. The van der Waals surface area contributed by atoms with Crippen LogP contribution in [0.25, 0.3) is 10.6 Å². The molecule has 110 valence electrons. The largest absolute Gasteiger partial charge is 0.345 e. The van der Waals surface area contributed by atoms with E-state index in [-0.39, 0.29) is 5.91 Å². The van der Waals surface area contributed by atoms with Crippen LogP contribution < -0.4 is 5.69 Å². The molecule has 1 aliphatic rings. The molecular formula is C15H17N3O2S. The first-order valence-corrected chi connectivity index (χ1v) is 7.99. The van der Waals surface area contributed by atoms with Gasteiger partial charge < -0.3 is 9.88 Å². The number of aromatic amines is 1. The number of likely N-dealkylation sites (tertiary alicyclic amines) is 1. The number of hydrogen-bond donors (Lipinski definition) is 1. The van der Waals surface area contributed by atoms with E-state index in [0.717, 1.165) is 30.8 Å². The van der Waals surface area contributed by atoms with Gasteiger partial charge in [-0.1, -0.05) is 6.07 Å². The van der Waals surface area contributed by atoms with Crippen LogP contribution in [-0.4, -0.2) is 33.9 Å². The number of carbonyl (C=O) groups is 1. The quantitative estimate of drug-likeness (QED) is 0.926. The minimum atomic E-state index is -0.411. The first-order chi connectivity index (χ1) is 10.2. The summed E-state index contributed by atoms with van der Waals surface area (Å²) >= 11 is 1.49. The molecule has 2 aromatic heterocycles. The third kappa shape index (κ3) is 2.76. The van der Waals surface area contributed by atoms with Crippen LogP contribution >= 0.6 is 11.3 Å². The summed E-state index contributed by atoms with van der Waals surface area (Å²) in [6, 6.07) is 3.78. The standard InChI is InChI=1S/C15H17N3O2S/c1-10-12(14(19)18-7-3-2-4-8-18)13(17-15(20)16-10)11-6-5-9-21-11/h5-6,9H,2-4,7-8H2,1H3,(H,16,17,20). The number of aromatic nitrogens is 2. The smallest absolute Gasteiger partial charge is 0.339 e.